The molecule has 3 aromatic rings. The maximum atomic E-state index is 13.0. The minimum Gasteiger partial charge on any atom is -0.466 e. The van der Waals surface area contributed by atoms with Gasteiger partial charge in [-0.05, 0) is 27.2 Å². The monoisotopic (exact) mass is 375 g/mol. The zero-order valence-corrected chi connectivity index (χ0v) is 16.4. The fourth-order valence-electron chi connectivity index (χ4n) is 3.39. The second-order valence-corrected chi connectivity index (χ2v) is 6.71. The molecule has 0 unspecified atom stereocenters. The van der Waals surface area contributed by atoms with E-state index in [1.165, 1.54) is 4.57 Å². The number of hydrogen-bond donors (Lipinski definition) is 0. The highest BCUT2D eigenvalue weighted by Crippen LogP contribution is 2.22. The Kier molecular flexibility index (Phi) is 4.95. The van der Waals surface area contributed by atoms with Crippen molar-refractivity contribution in [2.75, 3.05) is 6.61 Å². The third-order valence-corrected chi connectivity index (χ3v) is 4.95. The van der Waals surface area contributed by atoms with Crippen molar-refractivity contribution in [1.29, 1.82) is 0 Å². The van der Waals surface area contributed by atoms with Gasteiger partial charge in [-0.15, -0.1) is 0 Å². The van der Waals surface area contributed by atoms with Gasteiger partial charge in [-0.2, -0.15) is 4.98 Å². The molecule has 0 radical (unpaired) electrons. The summed E-state index contributed by atoms with van der Waals surface area (Å²) in [6.07, 6.45) is 2.73. The molecule has 9 heteroatoms. The quantitative estimate of drug-likeness (QED) is 0.607. The molecule has 9 nitrogen and oxygen atoms in total. The van der Waals surface area contributed by atoms with Crippen molar-refractivity contribution in [3.05, 3.63) is 32.7 Å². The molecule has 0 fully saturated rings. The summed E-state index contributed by atoms with van der Waals surface area (Å²) in [5, 5.41) is 0. The highest BCUT2D eigenvalue weighted by Gasteiger charge is 2.21. The summed E-state index contributed by atoms with van der Waals surface area (Å²) in [6.45, 7) is 8.08. The second-order valence-electron chi connectivity index (χ2n) is 6.71. The van der Waals surface area contributed by atoms with Crippen LogP contribution in [0.5, 0.6) is 0 Å². The highest BCUT2D eigenvalue weighted by atomic mass is 16.5. The number of esters is 1. The van der Waals surface area contributed by atoms with Crippen molar-refractivity contribution in [2.45, 2.75) is 53.1 Å². The van der Waals surface area contributed by atoms with Crippen LogP contribution < -0.4 is 11.2 Å². The third kappa shape index (κ3) is 2.96. The Morgan fingerprint density at radius 1 is 1.30 bits per heavy atom. The number of ether oxygens (including phenoxy) is 1. The lowest BCUT2D eigenvalue weighted by Crippen LogP contribution is -2.39. The van der Waals surface area contributed by atoms with Crippen LogP contribution >= 0.6 is 0 Å². The van der Waals surface area contributed by atoms with Crippen LogP contribution in [0.1, 0.15) is 45.3 Å². The van der Waals surface area contributed by atoms with Crippen LogP contribution in [-0.4, -0.2) is 35.7 Å². The minimum absolute atomic E-state index is 0.0292. The molecule has 0 aliphatic carbocycles. The van der Waals surface area contributed by atoms with E-state index in [9.17, 15) is 14.4 Å². The molecule has 0 spiro atoms. The van der Waals surface area contributed by atoms with Crippen LogP contribution in [-0.2, 0) is 23.1 Å². The van der Waals surface area contributed by atoms with Crippen LogP contribution in [0.15, 0.2) is 15.8 Å². The highest BCUT2D eigenvalue weighted by molar-refractivity contribution is 5.76. The molecule has 3 rings (SSSR count). The standard InChI is InChI=1S/C18H25N5O4/c1-6-11(3)23-12(4)10-22-14-15(19-17(22)23)20(5)18(26)21(16(14)25)9-8-13(24)27-7-2/h10-11H,6-9H2,1-5H3/t11-/m1/s1. The molecular formula is C18H25N5O4. The lowest BCUT2D eigenvalue weighted by molar-refractivity contribution is -0.143. The van der Waals surface area contributed by atoms with E-state index in [2.05, 4.69) is 23.4 Å². The van der Waals surface area contributed by atoms with Gasteiger partial charge in [0.25, 0.3) is 5.56 Å². The molecule has 3 heterocycles. The zero-order valence-electron chi connectivity index (χ0n) is 16.4. The van der Waals surface area contributed by atoms with Gasteiger partial charge in [0.2, 0.25) is 5.78 Å². The van der Waals surface area contributed by atoms with Crippen molar-refractivity contribution in [1.82, 2.24) is 23.1 Å². The van der Waals surface area contributed by atoms with Crippen LogP contribution in [0.3, 0.4) is 0 Å². The van der Waals surface area contributed by atoms with Crippen molar-refractivity contribution >= 4 is 22.9 Å². The number of hydrogen-bond acceptors (Lipinski definition) is 5. The molecule has 1 atom stereocenters. The van der Waals surface area contributed by atoms with E-state index >= 15 is 0 Å². The van der Waals surface area contributed by atoms with Gasteiger partial charge in [0.15, 0.2) is 11.2 Å². The SMILES string of the molecule is CCOC(=O)CCn1c(=O)c2c(nc3n([C@H](C)CC)c(C)cn23)n(C)c1=O. The number of carbonyl (C=O) groups is 1. The molecule has 0 amide bonds. The van der Waals surface area contributed by atoms with E-state index in [0.29, 0.717) is 16.9 Å². The van der Waals surface area contributed by atoms with Gasteiger partial charge >= 0.3 is 11.7 Å². The van der Waals surface area contributed by atoms with Gasteiger partial charge in [-0.25, -0.2) is 4.79 Å². The van der Waals surface area contributed by atoms with Gasteiger partial charge in [0, 0.05) is 31.5 Å². The Labute approximate surface area is 155 Å². The first kappa shape index (κ1) is 18.9. The Balaban J connectivity index is 2.23. The van der Waals surface area contributed by atoms with Crippen LogP contribution in [0.25, 0.3) is 16.9 Å². The number of carbonyl (C=O) groups excluding carboxylic acids is 1. The van der Waals surface area contributed by atoms with Gasteiger partial charge in [-0.3, -0.25) is 23.1 Å². The topological polar surface area (TPSA) is 92.5 Å². The molecule has 0 N–H and O–H groups in total. The summed E-state index contributed by atoms with van der Waals surface area (Å²) in [6, 6.07) is 0.211. The Morgan fingerprint density at radius 3 is 2.63 bits per heavy atom. The summed E-state index contributed by atoms with van der Waals surface area (Å²) in [5.41, 5.74) is 0.709. The second kappa shape index (κ2) is 7.05. The molecule has 0 aromatic carbocycles. The van der Waals surface area contributed by atoms with Gasteiger partial charge < -0.3 is 9.30 Å². The predicted molar refractivity (Wildman–Crippen MR) is 101 cm³/mol. The fourth-order valence-corrected chi connectivity index (χ4v) is 3.39. The number of aryl methyl sites for hydroxylation is 2. The molecule has 0 bridgehead atoms. The lowest BCUT2D eigenvalue weighted by Gasteiger charge is -2.12. The van der Waals surface area contributed by atoms with Crippen molar-refractivity contribution in [3.8, 4) is 0 Å². The fraction of sp³-hybridized carbons (Fsp3) is 0.556. The van der Waals surface area contributed by atoms with Gasteiger partial charge in [0.05, 0.1) is 13.0 Å². The third-order valence-electron chi connectivity index (χ3n) is 4.95. The first-order valence-electron chi connectivity index (χ1n) is 9.16. The van der Waals surface area contributed by atoms with Gasteiger partial charge in [-0.1, -0.05) is 6.92 Å². The molecular weight excluding hydrogens is 350 g/mol. The Bertz CT molecular complexity index is 1130. The first-order valence-corrected chi connectivity index (χ1v) is 9.16. The molecule has 0 aliphatic rings. The largest absolute Gasteiger partial charge is 0.466 e. The van der Waals surface area contributed by atoms with E-state index in [1.807, 2.05) is 13.1 Å². The number of rotatable bonds is 6. The number of nitrogens with zero attached hydrogens (tertiary/aromatic N) is 5. The summed E-state index contributed by atoms with van der Waals surface area (Å²) in [5.74, 6) is 0.191. The average Bonchev–Trinajstić information content (AvgIpc) is 3.14. The molecule has 0 aliphatic heterocycles. The molecule has 27 heavy (non-hydrogen) atoms. The van der Waals surface area contributed by atoms with Crippen molar-refractivity contribution < 1.29 is 9.53 Å². The number of aromatic nitrogens is 5. The Hall–Kier alpha value is -2.84. The molecule has 0 saturated heterocycles. The summed E-state index contributed by atoms with van der Waals surface area (Å²) in [4.78, 5) is 41.9. The van der Waals surface area contributed by atoms with Gasteiger partial charge in [0.1, 0.15) is 0 Å². The van der Waals surface area contributed by atoms with E-state index < -0.39 is 17.2 Å². The Morgan fingerprint density at radius 2 is 2.00 bits per heavy atom. The van der Waals surface area contributed by atoms with Crippen LogP contribution in [0.2, 0.25) is 0 Å². The van der Waals surface area contributed by atoms with E-state index in [0.717, 1.165) is 16.7 Å². The van der Waals surface area contributed by atoms with E-state index in [1.54, 1.807) is 18.4 Å². The number of fused-ring (bicyclic) bond motifs is 3. The maximum Gasteiger partial charge on any atom is 0.332 e. The number of imidazole rings is 2. The molecule has 3 aromatic heterocycles. The maximum absolute atomic E-state index is 13.0. The van der Waals surface area contributed by atoms with Crippen LogP contribution in [0, 0.1) is 6.92 Å². The summed E-state index contributed by atoms with van der Waals surface area (Å²) >= 11 is 0. The first-order chi connectivity index (χ1) is 12.8. The van der Waals surface area contributed by atoms with Crippen molar-refractivity contribution in [2.24, 2.45) is 7.05 Å². The predicted octanol–water partition coefficient (Wildman–Crippen LogP) is 1.38. The average molecular weight is 375 g/mol. The van der Waals surface area contributed by atoms with Crippen LogP contribution in [0.4, 0.5) is 0 Å². The van der Waals surface area contributed by atoms with E-state index in [-0.39, 0.29) is 25.6 Å². The normalized spacial score (nSPS) is 12.8. The summed E-state index contributed by atoms with van der Waals surface area (Å²) in [7, 11) is 1.58. The zero-order chi connectivity index (χ0) is 19.9. The minimum atomic E-state index is -0.496. The smallest absolute Gasteiger partial charge is 0.332 e. The molecule has 0 saturated carbocycles. The molecule has 146 valence electrons. The lowest BCUT2D eigenvalue weighted by atomic mass is 10.2. The summed E-state index contributed by atoms with van der Waals surface area (Å²) < 4.78 is 11.1. The van der Waals surface area contributed by atoms with Crippen molar-refractivity contribution in [3.63, 3.8) is 0 Å². The van der Waals surface area contributed by atoms with E-state index in [4.69, 9.17) is 4.74 Å².